The van der Waals surface area contributed by atoms with E-state index in [2.05, 4.69) is 0 Å². The minimum atomic E-state index is -2.91. The van der Waals surface area contributed by atoms with Crippen LogP contribution in [0.5, 0.6) is 11.5 Å². The maximum Gasteiger partial charge on any atom is 0.387 e. The first kappa shape index (κ1) is 15.4. The van der Waals surface area contributed by atoms with Crippen LogP contribution in [0.3, 0.4) is 0 Å². The molecule has 3 aromatic carbocycles. The van der Waals surface area contributed by atoms with Gasteiger partial charge in [0.25, 0.3) is 0 Å². The number of nitrogen functional groups attached to an aromatic ring is 1. The second kappa shape index (κ2) is 6.09. The molecule has 1 atom stereocenters. The molecular weight excluding hydrogens is 324 g/mol. The van der Waals surface area contributed by atoms with E-state index in [1.165, 1.54) is 6.07 Å². The Hall–Kier alpha value is -3.08. The van der Waals surface area contributed by atoms with Gasteiger partial charge in [-0.1, -0.05) is 42.5 Å². The zero-order valence-corrected chi connectivity index (χ0v) is 13.2. The predicted molar refractivity (Wildman–Crippen MR) is 91.8 cm³/mol. The lowest BCUT2D eigenvalue weighted by Gasteiger charge is -2.30. The first-order valence-corrected chi connectivity index (χ1v) is 7.82. The van der Waals surface area contributed by atoms with Crippen LogP contribution in [0.2, 0.25) is 0 Å². The Morgan fingerprint density at radius 3 is 2.52 bits per heavy atom. The van der Waals surface area contributed by atoms with Crippen molar-refractivity contribution in [3.63, 3.8) is 0 Å². The van der Waals surface area contributed by atoms with Crippen LogP contribution in [0.25, 0.3) is 11.1 Å². The first-order chi connectivity index (χ1) is 12.1. The van der Waals surface area contributed by atoms with Gasteiger partial charge in [-0.25, -0.2) is 0 Å². The third kappa shape index (κ3) is 2.78. The summed E-state index contributed by atoms with van der Waals surface area (Å²) in [6.45, 7) is -2.91. The number of benzene rings is 3. The van der Waals surface area contributed by atoms with Crippen LogP contribution in [0.4, 0.5) is 14.5 Å². The number of anilines is 1. The predicted octanol–water partition coefficient (Wildman–Crippen LogP) is 5.02. The Bertz CT molecular complexity index is 913. The van der Waals surface area contributed by atoms with Crippen molar-refractivity contribution in [1.29, 1.82) is 0 Å². The van der Waals surface area contributed by atoms with E-state index in [4.69, 9.17) is 15.2 Å². The number of alkyl halides is 2. The molecule has 3 aromatic rings. The summed E-state index contributed by atoms with van der Waals surface area (Å²) in [4.78, 5) is 0. The number of nitrogens with two attached hydrogens (primary N) is 1. The topological polar surface area (TPSA) is 44.5 Å². The lowest BCUT2D eigenvalue weighted by molar-refractivity contribution is -0.0496. The zero-order chi connectivity index (χ0) is 17.4. The molecule has 0 aliphatic carbocycles. The summed E-state index contributed by atoms with van der Waals surface area (Å²) in [6, 6.07) is 20.0. The molecule has 3 nitrogen and oxygen atoms in total. The van der Waals surface area contributed by atoms with E-state index in [1.807, 2.05) is 42.5 Å². The van der Waals surface area contributed by atoms with Gasteiger partial charge in [-0.15, -0.1) is 0 Å². The van der Waals surface area contributed by atoms with Gasteiger partial charge in [0.05, 0.1) is 5.56 Å². The van der Waals surface area contributed by atoms with Crippen molar-refractivity contribution in [2.45, 2.75) is 12.7 Å². The molecule has 0 saturated heterocycles. The van der Waals surface area contributed by atoms with Gasteiger partial charge in [0.1, 0.15) is 17.6 Å². The third-order valence-corrected chi connectivity index (χ3v) is 4.18. The molecule has 2 N–H and O–H groups in total. The fourth-order valence-corrected chi connectivity index (χ4v) is 3.16. The second-order valence-corrected chi connectivity index (χ2v) is 5.76. The van der Waals surface area contributed by atoms with E-state index in [-0.39, 0.29) is 11.9 Å². The van der Waals surface area contributed by atoms with Gasteiger partial charge >= 0.3 is 6.61 Å². The van der Waals surface area contributed by atoms with E-state index in [1.54, 1.807) is 18.2 Å². The van der Waals surface area contributed by atoms with Gasteiger partial charge in [-0.05, 0) is 35.4 Å². The summed E-state index contributed by atoms with van der Waals surface area (Å²) in [5.74, 6) is 0.592. The van der Waals surface area contributed by atoms with Crippen LogP contribution in [-0.4, -0.2) is 6.61 Å². The van der Waals surface area contributed by atoms with E-state index in [9.17, 15) is 8.78 Å². The molecule has 0 saturated carbocycles. The molecule has 0 spiro atoms. The lowest BCUT2D eigenvalue weighted by atomic mass is 9.89. The van der Waals surface area contributed by atoms with Crippen molar-refractivity contribution in [3.8, 4) is 22.6 Å². The Labute approximate surface area is 143 Å². The molecule has 0 fully saturated rings. The largest absolute Gasteiger partial charge is 0.480 e. The molecule has 1 heterocycles. The van der Waals surface area contributed by atoms with Crippen LogP contribution in [0, 0.1) is 0 Å². The van der Waals surface area contributed by atoms with Gasteiger partial charge in [0.15, 0.2) is 0 Å². The third-order valence-electron chi connectivity index (χ3n) is 4.18. The highest BCUT2D eigenvalue weighted by Crippen LogP contribution is 2.49. The van der Waals surface area contributed by atoms with E-state index >= 15 is 0 Å². The normalized spacial score (nSPS) is 15.2. The number of rotatable bonds is 3. The van der Waals surface area contributed by atoms with Gasteiger partial charge in [-0.3, -0.25) is 0 Å². The summed E-state index contributed by atoms with van der Waals surface area (Å²) >= 11 is 0. The quantitative estimate of drug-likeness (QED) is 0.682. The number of halogens is 2. The Morgan fingerprint density at radius 1 is 0.960 bits per heavy atom. The molecule has 0 bridgehead atoms. The maximum atomic E-state index is 12.8. The van der Waals surface area contributed by atoms with Crippen molar-refractivity contribution in [3.05, 3.63) is 77.9 Å². The van der Waals surface area contributed by atoms with Crippen molar-refractivity contribution in [1.82, 2.24) is 0 Å². The number of hydrogen-bond donors (Lipinski definition) is 1. The van der Waals surface area contributed by atoms with Gasteiger partial charge < -0.3 is 15.2 Å². The van der Waals surface area contributed by atoms with Gasteiger partial charge in [-0.2, -0.15) is 8.78 Å². The van der Waals surface area contributed by atoms with Gasteiger partial charge in [0, 0.05) is 11.3 Å². The maximum absolute atomic E-state index is 12.8. The smallest absolute Gasteiger partial charge is 0.387 e. The standard InChI is InChI=1S/C20H15F2NO2/c21-20(22)25-17-8-4-7-16-18(17)14-10-9-13(23)11-15(14)19(24-16)12-5-2-1-3-6-12/h1-11,19-20H,23H2. The van der Waals surface area contributed by atoms with Crippen LogP contribution in [-0.2, 0) is 0 Å². The molecule has 25 heavy (non-hydrogen) atoms. The van der Waals surface area contributed by atoms with Crippen molar-refractivity contribution >= 4 is 5.69 Å². The second-order valence-electron chi connectivity index (χ2n) is 5.76. The number of ether oxygens (including phenoxy) is 2. The van der Waals surface area contributed by atoms with Crippen LogP contribution < -0.4 is 15.2 Å². The van der Waals surface area contributed by atoms with E-state index in [0.717, 1.165) is 16.7 Å². The summed E-state index contributed by atoms with van der Waals surface area (Å²) in [6.07, 6.45) is -0.367. The fourth-order valence-electron chi connectivity index (χ4n) is 3.16. The number of fused-ring (bicyclic) bond motifs is 3. The molecule has 0 amide bonds. The van der Waals surface area contributed by atoms with Gasteiger partial charge in [0.2, 0.25) is 0 Å². The fraction of sp³-hybridized carbons (Fsp3) is 0.100. The highest BCUT2D eigenvalue weighted by Gasteiger charge is 2.30. The Kier molecular flexibility index (Phi) is 3.76. The molecule has 0 radical (unpaired) electrons. The molecule has 0 aromatic heterocycles. The number of hydrogen-bond acceptors (Lipinski definition) is 3. The minimum absolute atomic E-state index is 0.0880. The summed E-state index contributed by atoms with van der Waals surface area (Å²) in [5.41, 5.74) is 9.61. The van der Waals surface area contributed by atoms with Crippen molar-refractivity contribution < 1.29 is 18.3 Å². The Balaban J connectivity index is 1.92. The highest BCUT2D eigenvalue weighted by atomic mass is 19.3. The van der Waals surface area contributed by atoms with Crippen molar-refractivity contribution in [2.24, 2.45) is 0 Å². The molecule has 1 unspecified atom stereocenters. The highest BCUT2D eigenvalue weighted by molar-refractivity contribution is 5.82. The van der Waals surface area contributed by atoms with E-state index in [0.29, 0.717) is 17.0 Å². The molecule has 1 aliphatic rings. The van der Waals surface area contributed by atoms with Crippen LogP contribution in [0.1, 0.15) is 17.2 Å². The lowest BCUT2D eigenvalue weighted by Crippen LogP contribution is -2.16. The summed E-state index contributed by atoms with van der Waals surface area (Å²) < 4.78 is 36.4. The average Bonchev–Trinajstić information content (AvgIpc) is 2.61. The SMILES string of the molecule is Nc1ccc2c(c1)C(c1ccccc1)Oc1cccc(OC(F)F)c1-2. The monoisotopic (exact) mass is 339 g/mol. The van der Waals surface area contributed by atoms with Crippen LogP contribution in [0.15, 0.2) is 66.7 Å². The summed E-state index contributed by atoms with van der Waals surface area (Å²) in [5, 5.41) is 0. The molecule has 1 aliphatic heterocycles. The average molecular weight is 339 g/mol. The molecule has 4 rings (SSSR count). The van der Waals surface area contributed by atoms with E-state index < -0.39 is 6.61 Å². The molecular formula is C20H15F2NO2. The Morgan fingerprint density at radius 2 is 1.76 bits per heavy atom. The minimum Gasteiger partial charge on any atom is -0.480 e. The van der Waals surface area contributed by atoms with Crippen molar-refractivity contribution in [2.75, 3.05) is 5.73 Å². The molecule has 126 valence electrons. The van der Waals surface area contributed by atoms with Crippen LogP contribution >= 0.6 is 0 Å². The zero-order valence-electron chi connectivity index (χ0n) is 13.2. The molecule has 5 heteroatoms. The first-order valence-electron chi connectivity index (χ1n) is 7.82. The summed E-state index contributed by atoms with van der Waals surface area (Å²) in [7, 11) is 0.